The van der Waals surface area contributed by atoms with E-state index >= 15 is 0 Å². The summed E-state index contributed by atoms with van der Waals surface area (Å²) in [5.41, 5.74) is -0.556. The molecule has 5 nitrogen and oxygen atoms in total. The highest BCUT2D eigenvalue weighted by Gasteiger charge is 2.46. The van der Waals surface area contributed by atoms with Crippen LogP contribution in [0.15, 0.2) is 0 Å². The molecule has 1 aliphatic rings. The molecule has 0 aromatic rings. The van der Waals surface area contributed by atoms with Gasteiger partial charge >= 0.3 is 18.1 Å². The summed E-state index contributed by atoms with van der Waals surface area (Å²) in [5, 5.41) is 19.5. The SMILES string of the molecule is CNCCCC1(C(=O)O)CCCC1S.O=C(O)C(F)(F)F. The Kier molecular flexibility index (Phi) is 8.09. The quantitative estimate of drug-likeness (QED) is 0.458. The number of carboxylic acids is 2. The first-order chi connectivity index (χ1) is 9.58. The lowest BCUT2D eigenvalue weighted by molar-refractivity contribution is -0.192. The number of alkyl halides is 3. The normalized spacial score (nSPS) is 25.1. The molecule has 9 heteroatoms. The van der Waals surface area contributed by atoms with E-state index in [9.17, 15) is 23.1 Å². The van der Waals surface area contributed by atoms with Gasteiger partial charge in [-0.3, -0.25) is 4.79 Å². The van der Waals surface area contributed by atoms with Crippen molar-refractivity contribution in [2.45, 2.75) is 43.5 Å². The molecule has 0 radical (unpaired) electrons. The first-order valence-corrected chi connectivity index (χ1v) is 6.95. The number of nitrogens with one attached hydrogen (secondary N) is 1. The molecular formula is C12H20F3NO4S. The van der Waals surface area contributed by atoms with Gasteiger partial charge in [0.1, 0.15) is 0 Å². The van der Waals surface area contributed by atoms with E-state index in [1.807, 2.05) is 7.05 Å². The van der Waals surface area contributed by atoms with E-state index in [-0.39, 0.29) is 5.25 Å². The average molecular weight is 331 g/mol. The van der Waals surface area contributed by atoms with Gasteiger partial charge in [-0.15, -0.1) is 0 Å². The fraction of sp³-hybridized carbons (Fsp3) is 0.833. The van der Waals surface area contributed by atoms with Crippen LogP contribution in [-0.4, -0.2) is 47.2 Å². The minimum Gasteiger partial charge on any atom is -0.481 e. The van der Waals surface area contributed by atoms with Crippen LogP contribution in [0.25, 0.3) is 0 Å². The molecule has 2 atom stereocenters. The van der Waals surface area contributed by atoms with E-state index in [2.05, 4.69) is 17.9 Å². The van der Waals surface area contributed by atoms with E-state index < -0.39 is 23.5 Å². The van der Waals surface area contributed by atoms with Crippen LogP contribution in [0.5, 0.6) is 0 Å². The molecule has 0 aliphatic heterocycles. The van der Waals surface area contributed by atoms with Crippen LogP contribution < -0.4 is 5.32 Å². The Morgan fingerprint density at radius 3 is 2.19 bits per heavy atom. The van der Waals surface area contributed by atoms with Crippen molar-refractivity contribution >= 4 is 24.6 Å². The molecule has 1 saturated carbocycles. The second-order valence-electron chi connectivity index (χ2n) is 4.88. The predicted octanol–water partition coefficient (Wildman–Crippen LogP) is 2.17. The smallest absolute Gasteiger partial charge is 0.481 e. The monoisotopic (exact) mass is 331 g/mol. The van der Waals surface area contributed by atoms with Gasteiger partial charge in [-0.25, -0.2) is 4.79 Å². The van der Waals surface area contributed by atoms with Crippen molar-refractivity contribution in [1.82, 2.24) is 5.32 Å². The zero-order chi connectivity index (χ0) is 16.7. The van der Waals surface area contributed by atoms with Crippen molar-refractivity contribution in [2.24, 2.45) is 5.41 Å². The summed E-state index contributed by atoms with van der Waals surface area (Å²) < 4.78 is 31.7. The molecule has 1 rings (SSSR count). The van der Waals surface area contributed by atoms with E-state index in [1.54, 1.807) is 0 Å². The third kappa shape index (κ3) is 6.13. The molecule has 0 bridgehead atoms. The molecule has 2 unspecified atom stereocenters. The van der Waals surface area contributed by atoms with E-state index in [4.69, 9.17) is 9.90 Å². The maximum atomic E-state index is 11.3. The molecule has 0 aromatic heterocycles. The second kappa shape index (κ2) is 8.47. The zero-order valence-electron chi connectivity index (χ0n) is 11.6. The molecular weight excluding hydrogens is 311 g/mol. The van der Waals surface area contributed by atoms with Crippen molar-refractivity contribution in [2.75, 3.05) is 13.6 Å². The van der Waals surface area contributed by atoms with Crippen LogP contribution in [0.2, 0.25) is 0 Å². The van der Waals surface area contributed by atoms with Gasteiger partial charge in [0.15, 0.2) is 0 Å². The summed E-state index contributed by atoms with van der Waals surface area (Å²) in [6.45, 7) is 0.884. The molecule has 124 valence electrons. The van der Waals surface area contributed by atoms with Crippen LogP contribution >= 0.6 is 12.6 Å². The molecule has 21 heavy (non-hydrogen) atoms. The number of carbonyl (C=O) groups is 2. The Morgan fingerprint density at radius 1 is 1.38 bits per heavy atom. The molecule has 0 aromatic carbocycles. The van der Waals surface area contributed by atoms with Gasteiger partial charge in [-0.2, -0.15) is 25.8 Å². The number of carboxylic acid groups (broad SMARTS) is 2. The van der Waals surface area contributed by atoms with Crippen molar-refractivity contribution in [1.29, 1.82) is 0 Å². The largest absolute Gasteiger partial charge is 0.490 e. The molecule has 0 spiro atoms. The second-order valence-corrected chi connectivity index (χ2v) is 5.50. The number of aliphatic carboxylic acids is 2. The van der Waals surface area contributed by atoms with Crippen LogP contribution in [-0.2, 0) is 9.59 Å². The maximum absolute atomic E-state index is 11.3. The number of hydrogen-bond acceptors (Lipinski definition) is 4. The highest BCUT2D eigenvalue weighted by Crippen LogP contribution is 2.45. The summed E-state index contributed by atoms with van der Waals surface area (Å²) in [6.07, 6.45) is -0.688. The number of hydrogen-bond donors (Lipinski definition) is 4. The van der Waals surface area contributed by atoms with Gasteiger partial charge in [0.25, 0.3) is 0 Å². The Labute approximate surface area is 126 Å². The Morgan fingerprint density at radius 2 is 1.90 bits per heavy atom. The van der Waals surface area contributed by atoms with Gasteiger partial charge in [0.05, 0.1) is 5.41 Å². The van der Waals surface area contributed by atoms with Crippen molar-refractivity contribution < 1.29 is 33.0 Å². The number of halogens is 3. The molecule has 3 N–H and O–H groups in total. The molecule has 1 aliphatic carbocycles. The zero-order valence-corrected chi connectivity index (χ0v) is 12.5. The Hall–Kier alpha value is -0.960. The van der Waals surface area contributed by atoms with Crippen molar-refractivity contribution in [3.05, 3.63) is 0 Å². The molecule has 1 fully saturated rings. The molecule has 0 saturated heterocycles. The van der Waals surface area contributed by atoms with Gasteiger partial charge in [-0.05, 0) is 39.3 Å². The number of rotatable bonds is 5. The lowest BCUT2D eigenvalue weighted by Gasteiger charge is -2.28. The summed E-state index contributed by atoms with van der Waals surface area (Å²) in [4.78, 5) is 20.2. The maximum Gasteiger partial charge on any atom is 0.490 e. The van der Waals surface area contributed by atoms with Gasteiger partial charge in [0, 0.05) is 5.25 Å². The van der Waals surface area contributed by atoms with Gasteiger partial charge in [0.2, 0.25) is 0 Å². The third-order valence-electron chi connectivity index (χ3n) is 3.46. The average Bonchev–Trinajstić information content (AvgIpc) is 2.72. The highest BCUT2D eigenvalue weighted by atomic mass is 32.1. The lowest BCUT2D eigenvalue weighted by atomic mass is 9.81. The first-order valence-electron chi connectivity index (χ1n) is 6.44. The van der Waals surface area contributed by atoms with E-state index in [0.717, 1.165) is 38.6 Å². The van der Waals surface area contributed by atoms with Crippen LogP contribution in [0.3, 0.4) is 0 Å². The fourth-order valence-electron chi connectivity index (χ4n) is 2.28. The summed E-state index contributed by atoms with van der Waals surface area (Å²) in [7, 11) is 1.89. The fourth-order valence-corrected chi connectivity index (χ4v) is 2.83. The predicted molar refractivity (Wildman–Crippen MR) is 73.5 cm³/mol. The molecule has 0 heterocycles. The van der Waals surface area contributed by atoms with Gasteiger partial charge in [-0.1, -0.05) is 6.42 Å². The van der Waals surface area contributed by atoms with Crippen LogP contribution in [0.4, 0.5) is 13.2 Å². The van der Waals surface area contributed by atoms with Crippen LogP contribution in [0, 0.1) is 5.41 Å². The summed E-state index contributed by atoms with van der Waals surface area (Å²) in [5.74, 6) is -3.42. The molecule has 0 amide bonds. The van der Waals surface area contributed by atoms with Gasteiger partial charge < -0.3 is 15.5 Å². The van der Waals surface area contributed by atoms with Crippen molar-refractivity contribution in [3.8, 4) is 0 Å². The Balaban J connectivity index is 0.000000486. The van der Waals surface area contributed by atoms with Crippen molar-refractivity contribution in [3.63, 3.8) is 0 Å². The minimum absolute atomic E-state index is 0.0388. The lowest BCUT2D eigenvalue weighted by Crippen LogP contribution is -2.36. The summed E-state index contributed by atoms with van der Waals surface area (Å²) >= 11 is 4.41. The first kappa shape index (κ1) is 20.0. The number of thiol groups is 1. The van der Waals surface area contributed by atoms with E-state index in [0.29, 0.717) is 0 Å². The standard InChI is InChI=1S/C10H19NO2S.C2HF3O2/c1-11-7-3-6-10(9(12)13)5-2-4-8(10)14;3-2(4,5)1(6)7/h8,11,14H,2-7H2,1H3,(H,12,13);(H,6,7). The highest BCUT2D eigenvalue weighted by molar-refractivity contribution is 7.81. The van der Waals surface area contributed by atoms with Crippen LogP contribution in [0.1, 0.15) is 32.1 Å². The minimum atomic E-state index is -5.08. The Bertz CT molecular complexity index is 365. The topological polar surface area (TPSA) is 86.6 Å². The summed E-state index contributed by atoms with van der Waals surface area (Å²) in [6, 6.07) is 0. The van der Waals surface area contributed by atoms with E-state index in [1.165, 1.54) is 0 Å². The third-order valence-corrected chi connectivity index (χ3v) is 4.21.